The second-order valence-electron chi connectivity index (χ2n) is 12.0. The molecule has 2 aliphatic heterocycles. The number of ether oxygens (including phenoxy) is 6. The number of carbonyl (C=O) groups is 2. The molecule has 0 aromatic carbocycles. The zero-order chi connectivity index (χ0) is 27.1. The Labute approximate surface area is 218 Å². The van der Waals surface area contributed by atoms with Crippen molar-refractivity contribution in [2.75, 3.05) is 27.3 Å². The largest absolute Gasteiger partial charge is 0.501 e. The van der Waals surface area contributed by atoms with Crippen molar-refractivity contribution in [3.8, 4) is 0 Å². The second-order valence-corrected chi connectivity index (χ2v) is 12.0. The van der Waals surface area contributed by atoms with E-state index in [4.69, 9.17) is 28.4 Å². The summed E-state index contributed by atoms with van der Waals surface area (Å²) in [5.41, 5.74) is -1.04. The van der Waals surface area contributed by atoms with E-state index in [1.165, 1.54) is 0 Å². The van der Waals surface area contributed by atoms with E-state index >= 15 is 0 Å². The van der Waals surface area contributed by atoms with Crippen molar-refractivity contribution in [3.05, 3.63) is 23.0 Å². The molecule has 4 aliphatic carbocycles. The fraction of sp³-hybridized carbons (Fsp3) is 0.778. The van der Waals surface area contributed by atoms with E-state index in [-0.39, 0.29) is 38.4 Å². The molecule has 2 saturated carbocycles. The summed E-state index contributed by atoms with van der Waals surface area (Å²) < 4.78 is 75.3. The molecule has 0 aromatic rings. The molecule has 0 radical (unpaired) electrons. The smallest absolute Gasteiger partial charge is 0.490 e. The van der Waals surface area contributed by atoms with E-state index in [1.54, 1.807) is 7.11 Å². The predicted molar refractivity (Wildman–Crippen MR) is 123 cm³/mol. The van der Waals surface area contributed by atoms with E-state index in [1.807, 2.05) is 19.9 Å². The molecule has 6 aliphatic rings. The minimum atomic E-state index is -5.13. The van der Waals surface area contributed by atoms with Gasteiger partial charge in [-0.15, -0.1) is 0 Å². The molecule has 0 bridgehead atoms. The lowest BCUT2D eigenvalue weighted by atomic mass is 9.45. The molecule has 2 saturated heterocycles. The van der Waals surface area contributed by atoms with Gasteiger partial charge in [-0.2, -0.15) is 13.2 Å². The van der Waals surface area contributed by atoms with Crippen molar-refractivity contribution in [2.45, 2.75) is 76.0 Å². The topological polar surface area (TPSA) is 89.5 Å². The zero-order valence-corrected chi connectivity index (χ0v) is 21.7. The Hall–Kier alpha value is -1.95. The third kappa shape index (κ3) is 3.31. The Kier molecular flexibility index (Phi) is 5.89. The van der Waals surface area contributed by atoms with Crippen LogP contribution in [0.2, 0.25) is 0 Å². The van der Waals surface area contributed by atoms with Crippen molar-refractivity contribution in [3.63, 3.8) is 0 Å². The molecule has 210 valence electrons. The van der Waals surface area contributed by atoms with E-state index in [0.29, 0.717) is 37.7 Å². The maximum Gasteiger partial charge on any atom is 0.490 e. The number of esters is 1. The van der Waals surface area contributed by atoms with Crippen molar-refractivity contribution < 1.29 is 51.2 Å². The van der Waals surface area contributed by atoms with Gasteiger partial charge in [-0.25, -0.2) is 4.79 Å². The quantitative estimate of drug-likeness (QED) is 0.388. The first kappa shape index (κ1) is 26.3. The normalized spacial score (nSPS) is 46.0. The molecule has 2 spiro atoms. The average Bonchev–Trinajstić information content (AvgIpc) is 3.57. The van der Waals surface area contributed by atoms with Gasteiger partial charge >= 0.3 is 12.1 Å². The number of fused-ring (bicyclic) bond motifs is 7. The Morgan fingerprint density at radius 3 is 2.58 bits per heavy atom. The predicted octanol–water partition coefficient (Wildman–Crippen LogP) is 4.19. The van der Waals surface area contributed by atoms with Gasteiger partial charge in [0.15, 0.2) is 13.6 Å². The van der Waals surface area contributed by atoms with Crippen molar-refractivity contribution in [1.29, 1.82) is 0 Å². The minimum absolute atomic E-state index is 0.0258. The summed E-state index contributed by atoms with van der Waals surface area (Å²) in [5.74, 6) is -3.33. The van der Waals surface area contributed by atoms with E-state index in [9.17, 15) is 22.8 Å². The van der Waals surface area contributed by atoms with Crippen LogP contribution in [0.15, 0.2) is 23.0 Å². The van der Waals surface area contributed by atoms with Crippen LogP contribution in [-0.2, 0) is 38.0 Å². The van der Waals surface area contributed by atoms with Crippen LogP contribution >= 0.6 is 0 Å². The Balaban J connectivity index is 1.49. The zero-order valence-electron chi connectivity index (χ0n) is 21.7. The first-order chi connectivity index (χ1) is 17.9. The number of allylic oxidation sites excluding steroid dienone is 4. The highest BCUT2D eigenvalue weighted by molar-refractivity contribution is 5.78. The highest BCUT2D eigenvalue weighted by atomic mass is 19.4. The first-order valence-electron chi connectivity index (χ1n) is 13.2. The molecule has 4 fully saturated rings. The third-order valence-corrected chi connectivity index (χ3v) is 10.7. The molecule has 8 nitrogen and oxygen atoms in total. The van der Waals surface area contributed by atoms with E-state index < -0.39 is 46.4 Å². The highest BCUT2D eigenvalue weighted by Gasteiger charge is 2.77. The summed E-state index contributed by atoms with van der Waals surface area (Å²) >= 11 is 0. The van der Waals surface area contributed by atoms with Crippen LogP contribution < -0.4 is 0 Å². The third-order valence-electron chi connectivity index (χ3n) is 10.7. The number of halogens is 3. The SMILES string of the molecule is COC1=CC2=C(C=O)CC3C(C(OC(=O)C(F)(F)F)CC4(C)C3CCC43OCOC34COCO4)C2(C)CC1. The van der Waals surface area contributed by atoms with Gasteiger partial charge in [-0.3, -0.25) is 4.79 Å². The second kappa shape index (κ2) is 8.52. The number of aldehydes is 1. The van der Waals surface area contributed by atoms with Gasteiger partial charge in [0, 0.05) is 23.2 Å². The number of alkyl halides is 3. The summed E-state index contributed by atoms with van der Waals surface area (Å²) in [6.07, 6.45) is -0.558. The standard InChI is InChI=1S/C27H33F3O8/c1-23-6-4-16(33-3)9-19(23)15(11-31)8-17-18-5-7-25(26(37-14-35-25)12-34-13-36-26)24(18,2)10-20(21(17)23)38-22(32)27(28,29)30/h9,11,17-18,20-21H,4-8,10,12-14H2,1-3H3. The molecule has 0 amide bonds. The lowest BCUT2D eigenvalue weighted by Crippen LogP contribution is -2.66. The van der Waals surface area contributed by atoms with Gasteiger partial charge in [0.1, 0.15) is 24.6 Å². The molecule has 0 aromatic heterocycles. The molecule has 11 heteroatoms. The lowest BCUT2D eigenvalue weighted by Gasteiger charge is -2.61. The van der Waals surface area contributed by atoms with Gasteiger partial charge in [0.05, 0.1) is 12.9 Å². The van der Waals surface area contributed by atoms with Gasteiger partial charge in [0.25, 0.3) is 0 Å². The number of hydrogen-bond donors (Lipinski definition) is 0. The van der Waals surface area contributed by atoms with E-state index in [0.717, 1.165) is 17.6 Å². The molecular weight excluding hydrogens is 509 g/mol. The molecule has 38 heavy (non-hydrogen) atoms. The maximum absolute atomic E-state index is 13.5. The molecule has 8 atom stereocenters. The van der Waals surface area contributed by atoms with Gasteiger partial charge in [0.2, 0.25) is 5.79 Å². The fourth-order valence-corrected chi connectivity index (χ4v) is 9.15. The number of rotatable bonds is 3. The summed E-state index contributed by atoms with van der Waals surface area (Å²) in [7, 11) is 1.56. The van der Waals surface area contributed by atoms with Crippen LogP contribution in [0.3, 0.4) is 0 Å². The van der Waals surface area contributed by atoms with Crippen LogP contribution in [0, 0.1) is 28.6 Å². The summed E-state index contributed by atoms with van der Waals surface area (Å²) in [6, 6.07) is 0. The summed E-state index contributed by atoms with van der Waals surface area (Å²) in [4.78, 5) is 24.7. The fourth-order valence-electron chi connectivity index (χ4n) is 9.15. The van der Waals surface area contributed by atoms with Crippen LogP contribution in [0.1, 0.15) is 52.4 Å². The van der Waals surface area contributed by atoms with Gasteiger partial charge in [-0.1, -0.05) is 13.8 Å². The van der Waals surface area contributed by atoms with Gasteiger partial charge < -0.3 is 28.4 Å². The Morgan fingerprint density at radius 2 is 1.92 bits per heavy atom. The first-order valence-corrected chi connectivity index (χ1v) is 13.2. The number of carbonyl (C=O) groups excluding carboxylic acids is 2. The Bertz CT molecular complexity index is 1090. The molecule has 8 unspecified atom stereocenters. The van der Waals surface area contributed by atoms with Crippen LogP contribution in [0.5, 0.6) is 0 Å². The Morgan fingerprint density at radius 1 is 1.16 bits per heavy atom. The van der Waals surface area contributed by atoms with E-state index in [2.05, 4.69) is 0 Å². The molecule has 6 rings (SSSR count). The lowest BCUT2D eigenvalue weighted by molar-refractivity contribution is -0.262. The highest BCUT2D eigenvalue weighted by Crippen LogP contribution is 2.72. The number of hydrogen-bond acceptors (Lipinski definition) is 8. The number of methoxy groups -OCH3 is 1. The summed E-state index contributed by atoms with van der Waals surface area (Å²) in [6.45, 7) is 4.11. The van der Waals surface area contributed by atoms with Crippen molar-refractivity contribution >= 4 is 12.3 Å². The van der Waals surface area contributed by atoms with Crippen LogP contribution in [-0.4, -0.2) is 63.2 Å². The maximum atomic E-state index is 13.5. The van der Waals surface area contributed by atoms with Crippen molar-refractivity contribution in [2.24, 2.45) is 28.6 Å². The molecule has 2 heterocycles. The van der Waals surface area contributed by atoms with Crippen LogP contribution in [0.4, 0.5) is 13.2 Å². The molecular formula is C27H33F3O8. The average molecular weight is 543 g/mol. The summed E-state index contributed by atoms with van der Waals surface area (Å²) in [5, 5.41) is 0. The van der Waals surface area contributed by atoms with Crippen LogP contribution in [0.25, 0.3) is 0 Å². The van der Waals surface area contributed by atoms with Crippen molar-refractivity contribution in [1.82, 2.24) is 0 Å². The monoisotopic (exact) mass is 542 g/mol. The minimum Gasteiger partial charge on any atom is -0.501 e. The van der Waals surface area contributed by atoms with Gasteiger partial charge in [-0.05, 0) is 61.2 Å². The molecule has 0 N–H and O–H groups in total.